The maximum atomic E-state index is 12.0. The van der Waals surface area contributed by atoms with Crippen LogP contribution in [-0.4, -0.2) is 26.8 Å². The second-order valence-corrected chi connectivity index (χ2v) is 6.04. The van der Waals surface area contributed by atoms with Gasteiger partial charge >= 0.3 is 0 Å². The summed E-state index contributed by atoms with van der Waals surface area (Å²) in [5.74, 6) is 0.587. The molecule has 0 radical (unpaired) electrons. The van der Waals surface area contributed by atoms with Gasteiger partial charge in [0.25, 0.3) is 10.9 Å². The van der Waals surface area contributed by atoms with E-state index in [2.05, 4.69) is 15.5 Å². The van der Waals surface area contributed by atoms with Crippen LogP contribution in [0.2, 0.25) is 0 Å². The molecule has 1 saturated carbocycles. The summed E-state index contributed by atoms with van der Waals surface area (Å²) in [6.45, 7) is 0. The monoisotopic (exact) mass is 345 g/mol. The van der Waals surface area contributed by atoms with Crippen molar-refractivity contribution >= 4 is 29.0 Å². The van der Waals surface area contributed by atoms with E-state index < -0.39 is 4.92 Å². The summed E-state index contributed by atoms with van der Waals surface area (Å²) in [5.41, 5.74) is 0.0339. The van der Waals surface area contributed by atoms with Crippen LogP contribution in [0.4, 0.5) is 11.4 Å². The van der Waals surface area contributed by atoms with E-state index in [1.165, 1.54) is 12.1 Å². The summed E-state index contributed by atoms with van der Waals surface area (Å²) in [7, 11) is 0. The molecule has 3 rings (SSSR count). The summed E-state index contributed by atoms with van der Waals surface area (Å²) in [4.78, 5) is 22.1. The van der Waals surface area contributed by atoms with E-state index in [9.17, 15) is 14.9 Å². The molecule has 1 aromatic carbocycles. The molecule has 1 amide bonds. The first kappa shape index (κ1) is 15.9. The van der Waals surface area contributed by atoms with Crippen LogP contribution in [0.1, 0.15) is 30.2 Å². The molecule has 10 heteroatoms. The molecule has 1 aliphatic carbocycles. The zero-order valence-corrected chi connectivity index (χ0v) is 13.1. The average Bonchev–Trinajstić information content (AvgIpc) is 3.31. The highest BCUT2D eigenvalue weighted by molar-refractivity contribution is 7.99. The molecule has 2 aromatic rings. The van der Waals surface area contributed by atoms with Gasteiger partial charge in [0.1, 0.15) is 6.07 Å². The number of carbonyl (C=O) groups excluding carboxylic acids is 1. The number of benzene rings is 1. The summed E-state index contributed by atoms with van der Waals surface area (Å²) >= 11 is 1.09. The lowest BCUT2D eigenvalue weighted by atomic mass is 10.1. The minimum absolute atomic E-state index is 0.0220. The molecule has 1 aromatic heterocycles. The average molecular weight is 345 g/mol. The quantitative estimate of drug-likeness (QED) is 0.479. The first-order chi connectivity index (χ1) is 11.6. The van der Waals surface area contributed by atoms with E-state index in [-0.39, 0.29) is 28.6 Å². The Balaban J connectivity index is 1.59. The Labute approximate surface area is 140 Å². The predicted molar refractivity (Wildman–Crippen MR) is 83.4 cm³/mol. The third-order valence-corrected chi connectivity index (χ3v) is 4.10. The molecule has 24 heavy (non-hydrogen) atoms. The van der Waals surface area contributed by atoms with Crippen LogP contribution in [-0.2, 0) is 4.79 Å². The van der Waals surface area contributed by atoms with Crippen LogP contribution in [0, 0.1) is 21.4 Å². The number of nitro groups is 1. The van der Waals surface area contributed by atoms with Gasteiger partial charge in [0.15, 0.2) is 0 Å². The number of nitriles is 1. The van der Waals surface area contributed by atoms with Gasteiger partial charge in [-0.15, -0.1) is 10.2 Å². The minimum atomic E-state index is -0.602. The summed E-state index contributed by atoms with van der Waals surface area (Å²) in [6.07, 6.45) is 2.09. The number of rotatable bonds is 6. The number of hydrogen-bond donors (Lipinski definition) is 1. The summed E-state index contributed by atoms with van der Waals surface area (Å²) < 4.78 is 5.43. The first-order valence-electron chi connectivity index (χ1n) is 7.01. The number of amides is 1. The molecule has 1 aliphatic rings. The standard InChI is InChI=1S/C14H11N5O4S/c15-6-9-5-10(19(21)22)3-4-11(9)16-12(20)7-24-14-18-17-13(23-14)8-1-2-8/h3-5,8H,1-2,7H2,(H,16,20). The van der Waals surface area contributed by atoms with E-state index >= 15 is 0 Å². The fourth-order valence-corrected chi connectivity index (χ4v) is 2.50. The lowest BCUT2D eigenvalue weighted by Gasteiger charge is -2.05. The van der Waals surface area contributed by atoms with Gasteiger partial charge in [0.05, 0.1) is 21.9 Å². The number of hydrogen-bond acceptors (Lipinski definition) is 8. The highest BCUT2D eigenvalue weighted by Gasteiger charge is 2.29. The van der Waals surface area contributed by atoms with E-state index in [1.54, 1.807) is 0 Å². The van der Waals surface area contributed by atoms with Gasteiger partial charge in [-0.1, -0.05) is 11.8 Å². The zero-order chi connectivity index (χ0) is 17.1. The van der Waals surface area contributed by atoms with E-state index in [1.807, 2.05) is 6.07 Å². The van der Waals surface area contributed by atoms with Gasteiger partial charge in [0.2, 0.25) is 11.8 Å². The second kappa shape index (κ2) is 6.67. The van der Waals surface area contributed by atoms with Crippen LogP contribution in [0.15, 0.2) is 27.8 Å². The van der Waals surface area contributed by atoms with Crippen molar-refractivity contribution in [3.05, 3.63) is 39.8 Å². The molecular weight excluding hydrogens is 334 g/mol. The van der Waals surface area contributed by atoms with Gasteiger partial charge in [-0.2, -0.15) is 5.26 Å². The molecule has 0 spiro atoms. The SMILES string of the molecule is N#Cc1cc([N+](=O)[O-])ccc1NC(=O)CSc1nnc(C2CC2)o1. The van der Waals surface area contributed by atoms with Crippen molar-refractivity contribution in [3.63, 3.8) is 0 Å². The molecule has 122 valence electrons. The number of nitro benzene ring substituents is 1. The van der Waals surface area contributed by atoms with E-state index in [4.69, 9.17) is 9.68 Å². The van der Waals surface area contributed by atoms with Gasteiger partial charge in [0, 0.05) is 18.1 Å². The Morgan fingerprint density at radius 2 is 2.29 bits per heavy atom. The fraction of sp³-hybridized carbons (Fsp3) is 0.286. The Kier molecular flexibility index (Phi) is 4.43. The van der Waals surface area contributed by atoms with Crippen molar-refractivity contribution < 1.29 is 14.1 Å². The van der Waals surface area contributed by atoms with Crippen molar-refractivity contribution in [2.75, 3.05) is 11.1 Å². The van der Waals surface area contributed by atoms with Crippen LogP contribution in [0.5, 0.6) is 0 Å². The topological polar surface area (TPSA) is 135 Å². The van der Waals surface area contributed by atoms with Gasteiger partial charge in [-0.05, 0) is 18.9 Å². The van der Waals surface area contributed by atoms with E-state index in [0.29, 0.717) is 17.0 Å². The van der Waals surface area contributed by atoms with Crippen LogP contribution < -0.4 is 5.32 Å². The second-order valence-electron chi connectivity index (χ2n) is 5.12. The fourth-order valence-electron chi connectivity index (χ4n) is 1.93. The van der Waals surface area contributed by atoms with Crippen molar-refractivity contribution in [1.29, 1.82) is 5.26 Å². The molecule has 0 unspecified atom stereocenters. The minimum Gasteiger partial charge on any atom is -0.416 e. The lowest BCUT2D eigenvalue weighted by Crippen LogP contribution is -2.15. The molecule has 1 N–H and O–H groups in total. The number of nitrogens with one attached hydrogen (secondary N) is 1. The summed E-state index contributed by atoms with van der Waals surface area (Å²) in [6, 6.07) is 5.50. The summed E-state index contributed by atoms with van der Waals surface area (Å²) in [5, 5.41) is 30.4. The third kappa shape index (κ3) is 3.69. The van der Waals surface area contributed by atoms with Gasteiger partial charge in [-0.25, -0.2) is 0 Å². The van der Waals surface area contributed by atoms with Crippen molar-refractivity contribution in [2.24, 2.45) is 0 Å². The number of anilines is 1. The largest absolute Gasteiger partial charge is 0.416 e. The van der Waals surface area contributed by atoms with Gasteiger partial charge < -0.3 is 9.73 Å². The van der Waals surface area contributed by atoms with Gasteiger partial charge in [-0.3, -0.25) is 14.9 Å². The van der Waals surface area contributed by atoms with Crippen molar-refractivity contribution in [2.45, 2.75) is 24.0 Å². The number of thioether (sulfide) groups is 1. The van der Waals surface area contributed by atoms with Crippen molar-refractivity contribution in [1.82, 2.24) is 10.2 Å². The van der Waals surface area contributed by atoms with Crippen LogP contribution >= 0.6 is 11.8 Å². The molecule has 1 heterocycles. The highest BCUT2D eigenvalue weighted by atomic mass is 32.2. The molecule has 1 fully saturated rings. The highest BCUT2D eigenvalue weighted by Crippen LogP contribution is 2.39. The molecule has 9 nitrogen and oxygen atoms in total. The van der Waals surface area contributed by atoms with E-state index in [0.717, 1.165) is 30.7 Å². The Hall–Kier alpha value is -2.93. The Morgan fingerprint density at radius 3 is 2.96 bits per heavy atom. The van der Waals surface area contributed by atoms with Crippen LogP contribution in [0.3, 0.4) is 0 Å². The first-order valence-corrected chi connectivity index (χ1v) is 8.00. The smallest absolute Gasteiger partial charge is 0.277 e. The maximum absolute atomic E-state index is 12.0. The number of aromatic nitrogens is 2. The normalized spacial score (nSPS) is 13.3. The zero-order valence-electron chi connectivity index (χ0n) is 12.3. The number of non-ortho nitro benzene ring substituents is 1. The van der Waals surface area contributed by atoms with Crippen molar-refractivity contribution in [3.8, 4) is 6.07 Å². The Bertz CT molecular complexity index is 840. The Morgan fingerprint density at radius 1 is 1.50 bits per heavy atom. The molecule has 0 bridgehead atoms. The lowest BCUT2D eigenvalue weighted by molar-refractivity contribution is -0.384. The third-order valence-electron chi connectivity index (χ3n) is 3.28. The molecule has 0 saturated heterocycles. The molecule has 0 atom stereocenters. The maximum Gasteiger partial charge on any atom is 0.277 e. The number of nitrogens with zero attached hydrogens (tertiary/aromatic N) is 4. The van der Waals surface area contributed by atoms with Crippen LogP contribution in [0.25, 0.3) is 0 Å². The molecular formula is C14H11N5O4S. The predicted octanol–water partition coefficient (Wildman–Crippen LogP) is 2.46. The number of carbonyl (C=O) groups is 1. The molecule has 0 aliphatic heterocycles.